The van der Waals surface area contributed by atoms with E-state index >= 15 is 0 Å². The third-order valence-corrected chi connectivity index (χ3v) is 5.76. The third-order valence-electron chi connectivity index (χ3n) is 4.92. The van der Waals surface area contributed by atoms with Crippen LogP contribution >= 0.6 is 11.3 Å². The van der Waals surface area contributed by atoms with Crippen LogP contribution in [0.3, 0.4) is 0 Å². The number of guanidine groups is 1. The zero-order chi connectivity index (χ0) is 19.9. The molecule has 150 valence electrons. The number of nitrogens with zero attached hydrogens (tertiary/aromatic N) is 4. The largest absolute Gasteiger partial charge is 0.370 e. The van der Waals surface area contributed by atoms with Crippen LogP contribution in [-0.4, -0.2) is 54.0 Å². The molecule has 1 amide bonds. The molecule has 1 aromatic heterocycles. The number of rotatable bonds is 6. The summed E-state index contributed by atoms with van der Waals surface area (Å²) in [5, 5.41) is 6.03. The molecule has 0 bridgehead atoms. The molecule has 1 fully saturated rings. The van der Waals surface area contributed by atoms with Gasteiger partial charge in [0.05, 0.1) is 6.54 Å². The van der Waals surface area contributed by atoms with E-state index in [9.17, 15) is 4.79 Å². The van der Waals surface area contributed by atoms with Gasteiger partial charge in [0.1, 0.15) is 0 Å². The van der Waals surface area contributed by atoms with Crippen molar-refractivity contribution in [3.8, 4) is 0 Å². The second kappa shape index (κ2) is 9.54. The summed E-state index contributed by atoms with van der Waals surface area (Å²) in [5.41, 5.74) is 7.89. The van der Waals surface area contributed by atoms with Crippen molar-refractivity contribution in [3.05, 3.63) is 47.0 Å². The number of carbonyl (C=O) groups excluding carboxylic acids is 1. The Kier molecular flexibility index (Phi) is 6.86. The van der Waals surface area contributed by atoms with E-state index in [1.54, 1.807) is 11.3 Å². The van der Waals surface area contributed by atoms with Crippen molar-refractivity contribution < 1.29 is 4.79 Å². The quantitative estimate of drug-likeness (QED) is 0.574. The van der Waals surface area contributed by atoms with Gasteiger partial charge in [0.15, 0.2) is 11.1 Å². The van der Waals surface area contributed by atoms with Gasteiger partial charge in [-0.3, -0.25) is 4.79 Å². The lowest BCUT2D eigenvalue weighted by Crippen LogP contribution is -2.51. The first-order valence-electron chi connectivity index (χ1n) is 9.66. The fourth-order valence-electron chi connectivity index (χ4n) is 2.94. The number of hydrogen-bond donors (Lipinski definition) is 2. The molecule has 7 nitrogen and oxygen atoms in total. The molecule has 2 aromatic rings. The molecule has 0 aliphatic carbocycles. The number of nitrogens with two attached hydrogens (primary N) is 1. The van der Waals surface area contributed by atoms with Crippen LogP contribution in [0, 0.1) is 0 Å². The van der Waals surface area contributed by atoms with Gasteiger partial charge in [-0.2, -0.15) is 0 Å². The van der Waals surface area contributed by atoms with E-state index in [1.165, 1.54) is 0 Å². The number of carbonyl (C=O) groups is 1. The molecule has 28 heavy (non-hydrogen) atoms. The number of aromatic nitrogens is 1. The number of anilines is 1. The molecule has 8 heteroatoms. The molecule has 0 radical (unpaired) electrons. The maximum atomic E-state index is 12.1. The molecule has 1 aromatic carbocycles. The van der Waals surface area contributed by atoms with Gasteiger partial charge in [-0.15, -0.1) is 11.3 Å². The van der Waals surface area contributed by atoms with Gasteiger partial charge in [-0.05, 0) is 31.0 Å². The minimum absolute atomic E-state index is 0.0398. The van der Waals surface area contributed by atoms with Gasteiger partial charge in [-0.25, -0.2) is 9.98 Å². The molecule has 0 spiro atoms. The van der Waals surface area contributed by atoms with E-state index in [0.717, 1.165) is 43.3 Å². The van der Waals surface area contributed by atoms with Crippen molar-refractivity contribution in [2.45, 2.75) is 32.9 Å². The maximum Gasteiger partial charge on any atom is 0.251 e. The van der Waals surface area contributed by atoms with Crippen molar-refractivity contribution in [1.29, 1.82) is 0 Å². The highest BCUT2D eigenvalue weighted by Crippen LogP contribution is 2.18. The minimum Gasteiger partial charge on any atom is -0.370 e. The molecule has 1 aliphatic heterocycles. The fraction of sp³-hybridized carbons (Fsp3) is 0.450. The zero-order valence-electron chi connectivity index (χ0n) is 16.5. The Bertz CT molecular complexity index is 782. The van der Waals surface area contributed by atoms with E-state index in [0.29, 0.717) is 18.1 Å². The summed E-state index contributed by atoms with van der Waals surface area (Å²) < 4.78 is 0. The highest BCUT2D eigenvalue weighted by atomic mass is 32.1. The van der Waals surface area contributed by atoms with Gasteiger partial charge < -0.3 is 20.9 Å². The van der Waals surface area contributed by atoms with E-state index in [2.05, 4.69) is 32.0 Å². The molecule has 2 heterocycles. The van der Waals surface area contributed by atoms with Crippen LogP contribution in [0.25, 0.3) is 0 Å². The van der Waals surface area contributed by atoms with Gasteiger partial charge >= 0.3 is 0 Å². The van der Waals surface area contributed by atoms with Crippen LogP contribution in [0.5, 0.6) is 0 Å². The van der Waals surface area contributed by atoms with E-state index in [4.69, 9.17) is 5.73 Å². The van der Waals surface area contributed by atoms with Crippen molar-refractivity contribution in [3.63, 3.8) is 0 Å². The Labute approximate surface area is 170 Å². The average molecular weight is 401 g/mol. The first-order valence-corrected chi connectivity index (χ1v) is 10.5. The molecule has 1 unspecified atom stereocenters. The summed E-state index contributed by atoms with van der Waals surface area (Å²) >= 11 is 1.66. The van der Waals surface area contributed by atoms with E-state index in [-0.39, 0.29) is 11.9 Å². The summed E-state index contributed by atoms with van der Waals surface area (Å²) in [6, 6.07) is 7.72. The lowest BCUT2D eigenvalue weighted by atomic mass is 10.1. The molecular formula is C20H28N6OS. The molecule has 3 N–H and O–H groups in total. The first kappa shape index (κ1) is 20.1. The van der Waals surface area contributed by atoms with Crippen LogP contribution in [0.4, 0.5) is 5.13 Å². The summed E-state index contributed by atoms with van der Waals surface area (Å²) in [4.78, 5) is 25.4. The highest BCUT2D eigenvalue weighted by molar-refractivity contribution is 7.13. The predicted octanol–water partition coefficient (Wildman–Crippen LogP) is 2.31. The molecular weight excluding hydrogens is 372 g/mol. The van der Waals surface area contributed by atoms with Crippen LogP contribution in [0.1, 0.15) is 36.2 Å². The van der Waals surface area contributed by atoms with Crippen LogP contribution in [-0.2, 0) is 6.54 Å². The number of hydrogen-bond acceptors (Lipinski definition) is 5. The molecule has 1 saturated heterocycles. The Morgan fingerprint density at radius 1 is 1.29 bits per heavy atom. The topological polar surface area (TPSA) is 86.8 Å². The fourth-order valence-corrected chi connectivity index (χ4v) is 3.64. The number of amides is 1. The standard InChI is InChI=1S/C20H28N6OS/c1-3-15(2)24-18(27)17-6-4-16(5-7-17)14-23-19(21)25-9-11-26(12-10-25)20-22-8-13-28-20/h4-8,13,15H,3,9-12,14H2,1-2H3,(H2,21,23)(H,24,27). The van der Waals surface area contributed by atoms with Crippen molar-refractivity contribution in [2.24, 2.45) is 10.7 Å². The van der Waals surface area contributed by atoms with Crippen LogP contribution in [0.15, 0.2) is 40.8 Å². The summed E-state index contributed by atoms with van der Waals surface area (Å²) in [7, 11) is 0. The lowest BCUT2D eigenvalue weighted by Gasteiger charge is -2.35. The second-order valence-corrected chi connectivity index (χ2v) is 7.82. The normalized spacial score (nSPS) is 16.1. The van der Waals surface area contributed by atoms with Gasteiger partial charge in [0, 0.05) is 49.4 Å². The minimum atomic E-state index is -0.0398. The smallest absolute Gasteiger partial charge is 0.251 e. The van der Waals surface area contributed by atoms with Gasteiger partial charge in [0.25, 0.3) is 5.91 Å². The monoisotopic (exact) mass is 400 g/mol. The lowest BCUT2D eigenvalue weighted by molar-refractivity contribution is 0.0939. The Hall–Kier alpha value is -2.61. The van der Waals surface area contributed by atoms with Crippen LogP contribution < -0.4 is 16.0 Å². The molecule has 3 rings (SSSR count). The molecule has 0 saturated carbocycles. The van der Waals surface area contributed by atoms with E-state index < -0.39 is 0 Å². The Balaban J connectivity index is 1.50. The zero-order valence-corrected chi connectivity index (χ0v) is 17.3. The molecule has 1 aliphatic rings. The average Bonchev–Trinajstić information content (AvgIpc) is 3.27. The highest BCUT2D eigenvalue weighted by Gasteiger charge is 2.19. The SMILES string of the molecule is CCC(C)NC(=O)c1ccc(CN=C(N)N2CCN(c3nccs3)CC2)cc1. The number of nitrogens with one attached hydrogen (secondary N) is 1. The molecule has 1 atom stereocenters. The Morgan fingerprint density at radius 2 is 2.00 bits per heavy atom. The Morgan fingerprint density at radius 3 is 2.61 bits per heavy atom. The van der Waals surface area contributed by atoms with Crippen molar-refractivity contribution in [1.82, 2.24) is 15.2 Å². The van der Waals surface area contributed by atoms with Gasteiger partial charge in [-0.1, -0.05) is 19.1 Å². The number of benzene rings is 1. The number of aliphatic imine (C=N–C) groups is 1. The summed E-state index contributed by atoms with van der Waals surface area (Å²) in [5.74, 6) is 0.527. The maximum absolute atomic E-state index is 12.1. The summed E-state index contributed by atoms with van der Waals surface area (Å²) in [6.45, 7) is 8.02. The van der Waals surface area contributed by atoms with Crippen molar-refractivity contribution in [2.75, 3.05) is 31.1 Å². The van der Waals surface area contributed by atoms with Crippen LogP contribution in [0.2, 0.25) is 0 Å². The predicted molar refractivity (Wildman–Crippen MR) is 115 cm³/mol. The van der Waals surface area contributed by atoms with Crippen molar-refractivity contribution >= 4 is 28.3 Å². The second-order valence-electron chi connectivity index (χ2n) is 6.94. The van der Waals surface area contributed by atoms with Gasteiger partial charge in [0.2, 0.25) is 0 Å². The first-order chi connectivity index (χ1) is 13.6. The summed E-state index contributed by atoms with van der Waals surface area (Å²) in [6.07, 6.45) is 2.75. The third kappa shape index (κ3) is 5.22. The number of thiazole rings is 1. The van der Waals surface area contributed by atoms with E-state index in [1.807, 2.05) is 42.8 Å². The number of piperazine rings is 1.